The summed E-state index contributed by atoms with van der Waals surface area (Å²) in [7, 11) is -0.880. The van der Waals surface area contributed by atoms with E-state index in [1.165, 1.54) is 5.56 Å². The molecule has 0 spiro atoms. The van der Waals surface area contributed by atoms with E-state index in [1.807, 2.05) is 45.9 Å². The Bertz CT molecular complexity index is 561. The molecule has 0 amide bonds. The van der Waals surface area contributed by atoms with Gasteiger partial charge in [0.2, 0.25) is 0 Å². The van der Waals surface area contributed by atoms with Gasteiger partial charge in [0.1, 0.15) is 0 Å². The predicted octanol–water partition coefficient (Wildman–Crippen LogP) is 4.23. The number of nitrogens with zero attached hydrogens (tertiary/aromatic N) is 1. The summed E-state index contributed by atoms with van der Waals surface area (Å²) in [5, 5.41) is 6.64. The van der Waals surface area contributed by atoms with Crippen molar-refractivity contribution < 1.29 is 4.21 Å². The van der Waals surface area contributed by atoms with Crippen LogP contribution in [0.3, 0.4) is 0 Å². The lowest BCUT2D eigenvalue weighted by molar-refractivity contribution is 0.648. The largest absolute Gasteiger partial charge is 0.357 e. The normalized spacial score (nSPS) is 14.5. The zero-order chi connectivity index (χ0) is 17.5. The molecule has 1 aromatic rings. The monoisotopic (exact) mass is 529 g/mol. The summed E-state index contributed by atoms with van der Waals surface area (Å²) in [6, 6.07) is 8.26. The predicted molar refractivity (Wildman–Crippen MR) is 120 cm³/mol. The van der Waals surface area contributed by atoms with Crippen molar-refractivity contribution in [2.75, 3.05) is 18.8 Å². The molecule has 138 valence electrons. The Balaban J connectivity index is 0.00000529. The molecule has 7 heteroatoms. The maximum atomic E-state index is 12.1. The van der Waals surface area contributed by atoms with Crippen molar-refractivity contribution in [3.05, 3.63) is 34.3 Å². The van der Waals surface area contributed by atoms with Gasteiger partial charge in [-0.1, -0.05) is 34.1 Å². The number of benzene rings is 1. The Morgan fingerprint density at radius 2 is 1.96 bits per heavy atom. The van der Waals surface area contributed by atoms with Crippen molar-refractivity contribution in [1.82, 2.24) is 10.6 Å². The van der Waals surface area contributed by atoms with E-state index >= 15 is 0 Å². The Hall–Kier alpha value is -0.150. The van der Waals surface area contributed by atoms with Gasteiger partial charge in [0.05, 0.1) is 12.6 Å². The van der Waals surface area contributed by atoms with Gasteiger partial charge in [-0.2, -0.15) is 0 Å². The van der Waals surface area contributed by atoms with Crippen LogP contribution >= 0.6 is 39.9 Å². The molecule has 0 radical (unpaired) electrons. The van der Waals surface area contributed by atoms with Gasteiger partial charge in [-0.05, 0) is 46.2 Å². The van der Waals surface area contributed by atoms with Crippen LogP contribution in [0.5, 0.6) is 0 Å². The molecule has 2 atom stereocenters. The second kappa shape index (κ2) is 11.5. The highest BCUT2D eigenvalue weighted by Gasteiger charge is 2.18. The molecular weight excluding hydrogens is 501 g/mol. The molecule has 0 heterocycles. The second-order valence-electron chi connectivity index (χ2n) is 6.31. The molecule has 0 aromatic heterocycles. The quantitative estimate of drug-likeness (QED) is 0.329. The second-order valence-corrected chi connectivity index (χ2v) is 9.49. The van der Waals surface area contributed by atoms with Crippen molar-refractivity contribution in [2.24, 2.45) is 4.99 Å². The maximum absolute atomic E-state index is 12.1. The summed E-state index contributed by atoms with van der Waals surface area (Å²) in [5.41, 5.74) is 1.18. The average molecular weight is 530 g/mol. The number of hydrogen-bond acceptors (Lipinski definition) is 2. The van der Waals surface area contributed by atoms with Gasteiger partial charge in [-0.3, -0.25) is 9.20 Å². The van der Waals surface area contributed by atoms with Crippen molar-refractivity contribution >= 4 is 56.7 Å². The van der Waals surface area contributed by atoms with Crippen LogP contribution in [0.2, 0.25) is 0 Å². The van der Waals surface area contributed by atoms with Gasteiger partial charge < -0.3 is 10.6 Å². The van der Waals surface area contributed by atoms with Crippen LogP contribution in [-0.2, 0) is 10.8 Å². The molecule has 24 heavy (non-hydrogen) atoms. The third-order valence-corrected chi connectivity index (χ3v) is 5.94. The molecule has 0 saturated carbocycles. The summed E-state index contributed by atoms with van der Waals surface area (Å²) in [5.74, 6) is 1.32. The first-order chi connectivity index (χ1) is 10.8. The Morgan fingerprint density at radius 3 is 2.50 bits per heavy atom. The topological polar surface area (TPSA) is 53.5 Å². The smallest absolute Gasteiger partial charge is 0.191 e. The molecule has 0 aliphatic carbocycles. The molecule has 0 aliphatic rings. The first kappa shape index (κ1) is 23.9. The first-order valence-electron chi connectivity index (χ1n) is 7.93. The van der Waals surface area contributed by atoms with Gasteiger partial charge >= 0.3 is 0 Å². The molecule has 2 N–H and O–H groups in total. The fourth-order valence-corrected chi connectivity index (χ4v) is 3.47. The molecule has 0 fully saturated rings. The highest BCUT2D eigenvalue weighted by atomic mass is 127. The minimum absolute atomic E-state index is 0. The first-order valence-corrected chi connectivity index (χ1v) is 10.0. The van der Waals surface area contributed by atoms with E-state index in [0.29, 0.717) is 12.3 Å². The van der Waals surface area contributed by atoms with Gasteiger partial charge in [-0.15, -0.1) is 24.0 Å². The highest BCUT2D eigenvalue weighted by molar-refractivity contribution is 14.0. The SMILES string of the molecule is CCNC(=NCCS(=O)C(C)(C)C)NC(C)c1ccccc1Br.I. The van der Waals surface area contributed by atoms with Crippen molar-refractivity contribution in [1.29, 1.82) is 0 Å². The summed E-state index contributed by atoms with van der Waals surface area (Å²) < 4.78 is 13.0. The molecule has 2 unspecified atom stereocenters. The third-order valence-electron chi connectivity index (χ3n) is 3.30. The fourth-order valence-electron chi connectivity index (χ4n) is 1.98. The molecular formula is C17H29BrIN3OS. The number of nitrogens with one attached hydrogen (secondary N) is 2. The minimum Gasteiger partial charge on any atom is -0.357 e. The van der Waals surface area contributed by atoms with Gasteiger partial charge in [-0.25, -0.2) is 0 Å². The van der Waals surface area contributed by atoms with E-state index in [9.17, 15) is 4.21 Å². The molecule has 0 saturated heterocycles. The summed E-state index contributed by atoms with van der Waals surface area (Å²) in [6.07, 6.45) is 0. The number of aliphatic imine (C=N–C) groups is 1. The van der Waals surface area contributed by atoms with E-state index in [-0.39, 0.29) is 34.8 Å². The number of hydrogen-bond donors (Lipinski definition) is 2. The lowest BCUT2D eigenvalue weighted by Gasteiger charge is -2.20. The van der Waals surface area contributed by atoms with E-state index in [2.05, 4.69) is 44.5 Å². The van der Waals surface area contributed by atoms with Crippen molar-refractivity contribution in [2.45, 2.75) is 45.4 Å². The van der Waals surface area contributed by atoms with E-state index in [0.717, 1.165) is 17.0 Å². The standard InChI is InChI=1S/C17H28BrN3OS.HI/c1-6-19-16(20-11-12-23(22)17(3,4)5)21-13(2)14-9-7-8-10-15(14)18;/h7-10,13H,6,11-12H2,1-5H3,(H2,19,20,21);1H. The van der Waals surface area contributed by atoms with E-state index in [1.54, 1.807) is 0 Å². The van der Waals surface area contributed by atoms with Crippen LogP contribution in [0, 0.1) is 0 Å². The zero-order valence-electron chi connectivity index (χ0n) is 15.1. The Morgan fingerprint density at radius 1 is 1.33 bits per heavy atom. The van der Waals surface area contributed by atoms with Crippen LogP contribution in [-0.4, -0.2) is 33.8 Å². The van der Waals surface area contributed by atoms with Crippen LogP contribution < -0.4 is 10.6 Å². The third kappa shape index (κ3) is 8.29. The van der Waals surface area contributed by atoms with Gasteiger partial charge in [0.15, 0.2) is 5.96 Å². The lowest BCUT2D eigenvalue weighted by atomic mass is 10.1. The number of halogens is 2. The summed E-state index contributed by atoms with van der Waals surface area (Å²) in [4.78, 5) is 4.55. The average Bonchev–Trinajstić information content (AvgIpc) is 2.46. The van der Waals surface area contributed by atoms with E-state index < -0.39 is 10.8 Å². The minimum atomic E-state index is -0.880. The molecule has 4 nitrogen and oxygen atoms in total. The van der Waals surface area contributed by atoms with Crippen LogP contribution in [0.15, 0.2) is 33.7 Å². The van der Waals surface area contributed by atoms with Gasteiger partial charge in [0, 0.05) is 32.3 Å². The zero-order valence-corrected chi connectivity index (χ0v) is 19.8. The molecule has 0 bridgehead atoms. The molecule has 0 aliphatic heterocycles. The Labute approximate surface area is 174 Å². The maximum Gasteiger partial charge on any atom is 0.191 e. The van der Waals surface area contributed by atoms with Gasteiger partial charge in [0.25, 0.3) is 0 Å². The van der Waals surface area contributed by atoms with Crippen LogP contribution in [0.25, 0.3) is 0 Å². The number of rotatable bonds is 6. The van der Waals surface area contributed by atoms with Crippen molar-refractivity contribution in [3.63, 3.8) is 0 Å². The molecule has 1 rings (SSSR count). The Kier molecular flexibility index (Phi) is 11.4. The lowest BCUT2D eigenvalue weighted by Crippen LogP contribution is -2.39. The van der Waals surface area contributed by atoms with Crippen molar-refractivity contribution in [3.8, 4) is 0 Å². The van der Waals surface area contributed by atoms with Crippen LogP contribution in [0.1, 0.15) is 46.2 Å². The number of guanidine groups is 1. The fraction of sp³-hybridized carbons (Fsp3) is 0.588. The summed E-state index contributed by atoms with van der Waals surface area (Å²) in [6.45, 7) is 11.4. The molecule has 1 aromatic carbocycles. The van der Waals surface area contributed by atoms with E-state index in [4.69, 9.17) is 0 Å². The van der Waals surface area contributed by atoms with Crippen LogP contribution in [0.4, 0.5) is 0 Å². The summed E-state index contributed by atoms with van der Waals surface area (Å²) >= 11 is 3.58. The highest BCUT2D eigenvalue weighted by Crippen LogP contribution is 2.22.